The lowest BCUT2D eigenvalue weighted by Gasteiger charge is -2.11. The van der Waals surface area contributed by atoms with Crippen LogP contribution in [0.5, 0.6) is 0 Å². The molecule has 0 radical (unpaired) electrons. The number of alkyl halides is 3. The van der Waals surface area contributed by atoms with E-state index in [0.29, 0.717) is 0 Å². The molecular weight excluding hydrogens is 214 g/mol. The Bertz CT molecular complexity index is 407. The van der Waals surface area contributed by atoms with E-state index < -0.39 is 29.7 Å². The van der Waals surface area contributed by atoms with Crippen LogP contribution >= 0.6 is 0 Å². The summed E-state index contributed by atoms with van der Waals surface area (Å²) in [6.45, 7) is -0.662. The lowest BCUT2D eigenvalue weighted by Crippen LogP contribution is -2.10. The molecule has 0 aliphatic rings. The molecule has 0 atom stereocenters. The van der Waals surface area contributed by atoms with Gasteiger partial charge in [-0.3, -0.25) is 0 Å². The lowest BCUT2D eigenvalue weighted by molar-refractivity contribution is -0.138. The van der Waals surface area contributed by atoms with Crippen molar-refractivity contribution in [3.63, 3.8) is 0 Å². The molecule has 0 saturated heterocycles. The zero-order chi connectivity index (χ0) is 11.5. The summed E-state index contributed by atoms with van der Waals surface area (Å²) in [5.74, 6) is -1.04. The van der Waals surface area contributed by atoms with Crippen molar-refractivity contribution in [3.8, 4) is 0 Å². The van der Waals surface area contributed by atoms with Gasteiger partial charge < -0.3 is 0 Å². The molecule has 1 aromatic rings. The fourth-order valence-electron chi connectivity index (χ4n) is 1.10. The molecule has 0 aromatic heterocycles. The molecular formula is C9H5F4NO. The number of carbonyl (C=O) groups excluding carboxylic acids is 1. The van der Waals surface area contributed by atoms with Gasteiger partial charge in [0.05, 0.1) is 12.1 Å². The first-order valence-corrected chi connectivity index (χ1v) is 3.85. The zero-order valence-electron chi connectivity index (χ0n) is 7.31. The first-order valence-electron chi connectivity index (χ1n) is 3.85. The fraction of sp³-hybridized carbons (Fsp3) is 0.222. The summed E-state index contributed by atoms with van der Waals surface area (Å²) in [4.78, 5) is 12.7. The van der Waals surface area contributed by atoms with E-state index in [1.807, 2.05) is 0 Å². The summed E-state index contributed by atoms with van der Waals surface area (Å²) in [7, 11) is 0. The molecule has 0 spiro atoms. The van der Waals surface area contributed by atoms with Gasteiger partial charge in [-0.15, -0.1) is 0 Å². The molecule has 0 fully saturated rings. The second-order valence-electron chi connectivity index (χ2n) is 2.67. The second-order valence-corrected chi connectivity index (χ2v) is 2.67. The van der Waals surface area contributed by atoms with Crippen LogP contribution < -0.4 is 0 Å². The van der Waals surface area contributed by atoms with E-state index in [-0.39, 0.29) is 0 Å². The van der Waals surface area contributed by atoms with Crippen molar-refractivity contribution >= 4 is 6.08 Å². The van der Waals surface area contributed by atoms with Crippen LogP contribution in [0.3, 0.4) is 0 Å². The summed E-state index contributed by atoms with van der Waals surface area (Å²) in [5, 5.41) is 0. The van der Waals surface area contributed by atoms with Crippen LogP contribution in [0.4, 0.5) is 17.6 Å². The lowest BCUT2D eigenvalue weighted by atomic mass is 10.1. The number of benzene rings is 1. The Morgan fingerprint density at radius 1 is 1.33 bits per heavy atom. The Labute approximate surface area is 82.2 Å². The largest absolute Gasteiger partial charge is 0.416 e. The zero-order valence-corrected chi connectivity index (χ0v) is 7.31. The monoisotopic (exact) mass is 219 g/mol. The van der Waals surface area contributed by atoms with E-state index in [9.17, 15) is 22.4 Å². The van der Waals surface area contributed by atoms with Crippen molar-refractivity contribution in [2.45, 2.75) is 12.7 Å². The first-order chi connectivity index (χ1) is 6.96. The topological polar surface area (TPSA) is 29.4 Å². The Morgan fingerprint density at radius 3 is 2.53 bits per heavy atom. The highest BCUT2D eigenvalue weighted by Gasteiger charge is 2.34. The minimum Gasteiger partial charge on any atom is -0.211 e. The molecule has 1 aromatic carbocycles. The number of hydrogen-bond acceptors (Lipinski definition) is 2. The molecule has 1 rings (SSSR count). The maximum absolute atomic E-state index is 13.0. The van der Waals surface area contributed by atoms with Gasteiger partial charge in [0.15, 0.2) is 0 Å². The summed E-state index contributed by atoms with van der Waals surface area (Å²) in [6, 6.07) is 2.57. The number of halogens is 4. The molecule has 0 aliphatic carbocycles. The normalized spacial score (nSPS) is 10.9. The maximum atomic E-state index is 13.0. The van der Waals surface area contributed by atoms with Crippen molar-refractivity contribution < 1.29 is 22.4 Å². The minimum absolute atomic E-state index is 0.645. The standard InChI is InChI=1S/C9H5F4NO/c10-8-3-1-2-7(9(11,12)13)6(8)4-14-5-15/h1-3H,4H2. The van der Waals surface area contributed by atoms with Crippen LogP contribution in [0.2, 0.25) is 0 Å². The average Bonchev–Trinajstić information content (AvgIpc) is 2.14. The molecule has 0 unspecified atom stereocenters. The first kappa shape index (κ1) is 11.4. The smallest absolute Gasteiger partial charge is 0.211 e. The summed E-state index contributed by atoms with van der Waals surface area (Å²) in [5.41, 5.74) is -1.77. The van der Waals surface area contributed by atoms with Gasteiger partial charge in [-0.25, -0.2) is 14.2 Å². The molecule has 80 valence electrons. The van der Waals surface area contributed by atoms with Crippen LogP contribution in [0, 0.1) is 5.82 Å². The molecule has 0 heterocycles. The average molecular weight is 219 g/mol. The molecule has 6 heteroatoms. The highest BCUT2D eigenvalue weighted by atomic mass is 19.4. The predicted molar refractivity (Wildman–Crippen MR) is 43.2 cm³/mol. The summed E-state index contributed by atoms with van der Waals surface area (Å²) < 4.78 is 50.1. The van der Waals surface area contributed by atoms with Gasteiger partial charge in [-0.05, 0) is 12.1 Å². The maximum Gasteiger partial charge on any atom is 0.416 e. The van der Waals surface area contributed by atoms with Gasteiger partial charge in [0.2, 0.25) is 6.08 Å². The highest BCUT2D eigenvalue weighted by Crippen LogP contribution is 2.33. The number of hydrogen-bond donors (Lipinski definition) is 0. The molecule has 0 bridgehead atoms. The summed E-state index contributed by atoms with van der Waals surface area (Å²) in [6.07, 6.45) is -3.59. The van der Waals surface area contributed by atoms with Crippen molar-refractivity contribution in [1.29, 1.82) is 0 Å². The third-order valence-electron chi connectivity index (χ3n) is 1.73. The highest BCUT2D eigenvalue weighted by molar-refractivity contribution is 5.36. The minimum atomic E-state index is -4.66. The molecule has 0 N–H and O–H groups in total. The molecule has 2 nitrogen and oxygen atoms in total. The van der Waals surface area contributed by atoms with Gasteiger partial charge >= 0.3 is 6.18 Å². The van der Waals surface area contributed by atoms with E-state index in [2.05, 4.69) is 4.99 Å². The van der Waals surface area contributed by atoms with Gasteiger partial charge in [-0.2, -0.15) is 13.2 Å². The van der Waals surface area contributed by atoms with Crippen LogP contribution in [-0.2, 0) is 17.5 Å². The number of rotatable bonds is 2. The van der Waals surface area contributed by atoms with Crippen LogP contribution in [0.1, 0.15) is 11.1 Å². The van der Waals surface area contributed by atoms with Crippen LogP contribution in [-0.4, -0.2) is 6.08 Å². The molecule has 0 amide bonds. The third kappa shape index (κ3) is 2.63. The predicted octanol–water partition coefficient (Wildman–Crippen LogP) is 2.68. The van der Waals surface area contributed by atoms with E-state index >= 15 is 0 Å². The van der Waals surface area contributed by atoms with Crippen LogP contribution in [0.25, 0.3) is 0 Å². The Kier molecular flexibility index (Phi) is 3.21. The Morgan fingerprint density at radius 2 is 2.00 bits per heavy atom. The molecule has 0 aliphatic heterocycles. The van der Waals surface area contributed by atoms with Crippen molar-refractivity contribution in [1.82, 2.24) is 0 Å². The van der Waals surface area contributed by atoms with E-state index in [4.69, 9.17) is 0 Å². The number of nitrogens with zero attached hydrogens (tertiary/aromatic N) is 1. The van der Waals surface area contributed by atoms with Gasteiger partial charge in [-0.1, -0.05) is 6.07 Å². The SMILES string of the molecule is O=C=NCc1c(F)cccc1C(F)(F)F. The van der Waals surface area contributed by atoms with E-state index in [1.54, 1.807) is 0 Å². The Hall–Kier alpha value is -1.68. The van der Waals surface area contributed by atoms with Crippen molar-refractivity contribution in [2.24, 2.45) is 4.99 Å². The summed E-state index contributed by atoms with van der Waals surface area (Å²) >= 11 is 0. The number of isocyanates is 1. The quantitative estimate of drug-likeness (QED) is 0.427. The van der Waals surface area contributed by atoms with Gasteiger partial charge in [0.25, 0.3) is 0 Å². The fourth-order valence-corrected chi connectivity index (χ4v) is 1.10. The molecule has 0 saturated carbocycles. The van der Waals surface area contributed by atoms with Crippen molar-refractivity contribution in [2.75, 3.05) is 0 Å². The second kappa shape index (κ2) is 4.23. The molecule has 15 heavy (non-hydrogen) atoms. The number of aliphatic imine (C=N–C) groups is 1. The van der Waals surface area contributed by atoms with Gasteiger partial charge in [0.1, 0.15) is 5.82 Å². The van der Waals surface area contributed by atoms with Gasteiger partial charge in [0, 0.05) is 5.56 Å². The van der Waals surface area contributed by atoms with E-state index in [0.717, 1.165) is 24.3 Å². The van der Waals surface area contributed by atoms with E-state index in [1.165, 1.54) is 0 Å². The van der Waals surface area contributed by atoms with Crippen molar-refractivity contribution in [3.05, 3.63) is 35.1 Å². The Balaban J connectivity index is 3.26. The third-order valence-corrected chi connectivity index (χ3v) is 1.73. The van der Waals surface area contributed by atoms with Crippen LogP contribution in [0.15, 0.2) is 23.2 Å².